The minimum absolute atomic E-state index is 0.0678. The molecule has 5 heterocycles. The van der Waals surface area contributed by atoms with Crippen molar-refractivity contribution in [1.82, 2.24) is 19.9 Å². The summed E-state index contributed by atoms with van der Waals surface area (Å²) in [6.07, 6.45) is 10.3. The van der Waals surface area contributed by atoms with Crippen LogP contribution >= 0.6 is 11.6 Å². The van der Waals surface area contributed by atoms with Crippen LogP contribution in [0.2, 0.25) is 5.02 Å². The van der Waals surface area contributed by atoms with Gasteiger partial charge in [-0.25, -0.2) is 15.0 Å². The summed E-state index contributed by atoms with van der Waals surface area (Å²) >= 11 is 5.96. The molecule has 2 aromatic rings. The third-order valence-corrected chi connectivity index (χ3v) is 10.2. The lowest BCUT2D eigenvalue weighted by atomic mass is 9.73. The first-order chi connectivity index (χ1) is 15.5. The third-order valence-electron chi connectivity index (χ3n) is 8.12. The summed E-state index contributed by atoms with van der Waals surface area (Å²) in [5.41, 5.74) is 0.633. The molecular formula is C22H25ClN6O2S. The Hall–Kier alpha value is -1.84. The van der Waals surface area contributed by atoms with Crippen LogP contribution in [-0.4, -0.2) is 58.7 Å². The molecule has 4 unspecified atom stereocenters. The van der Waals surface area contributed by atoms with Crippen molar-refractivity contribution in [3.8, 4) is 0 Å². The van der Waals surface area contributed by atoms with Gasteiger partial charge in [-0.1, -0.05) is 11.6 Å². The van der Waals surface area contributed by atoms with Crippen molar-refractivity contribution in [2.24, 2.45) is 0 Å². The van der Waals surface area contributed by atoms with E-state index in [-0.39, 0.29) is 17.4 Å². The van der Waals surface area contributed by atoms with Gasteiger partial charge in [0.15, 0.2) is 0 Å². The zero-order valence-electron chi connectivity index (χ0n) is 17.6. The van der Waals surface area contributed by atoms with E-state index in [2.05, 4.69) is 20.2 Å². The number of piperidine rings is 1. The smallest absolute Gasteiger partial charge is 0.228 e. The normalized spacial score (nSPS) is 35.4. The van der Waals surface area contributed by atoms with E-state index in [1.807, 2.05) is 0 Å². The van der Waals surface area contributed by atoms with Crippen molar-refractivity contribution in [3.05, 3.63) is 28.9 Å². The number of aromatic nitrogens is 4. The molecule has 0 spiro atoms. The molecule has 2 saturated heterocycles. The first kappa shape index (κ1) is 19.6. The van der Waals surface area contributed by atoms with Crippen molar-refractivity contribution in [2.75, 3.05) is 16.8 Å². The Morgan fingerprint density at radius 1 is 1.16 bits per heavy atom. The molecule has 3 aliphatic carbocycles. The number of aliphatic hydroxyl groups is 1. The average Bonchev–Trinajstić information content (AvgIpc) is 3.52. The van der Waals surface area contributed by atoms with E-state index in [0.717, 1.165) is 67.3 Å². The fourth-order valence-electron chi connectivity index (χ4n) is 6.07. The van der Waals surface area contributed by atoms with E-state index in [9.17, 15) is 9.32 Å². The van der Waals surface area contributed by atoms with Crippen LogP contribution in [0, 0.1) is 0 Å². The lowest BCUT2D eigenvalue weighted by Gasteiger charge is -2.55. The van der Waals surface area contributed by atoms with Gasteiger partial charge in [-0.15, -0.1) is 0 Å². The molecule has 6 aliphatic rings. The molecule has 0 radical (unpaired) electrons. The molecule has 32 heavy (non-hydrogen) atoms. The summed E-state index contributed by atoms with van der Waals surface area (Å²) in [5, 5.41) is 14.3. The van der Waals surface area contributed by atoms with Gasteiger partial charge in [0, 0.05) is 41.6 Å². The van der Waals surface area contributed by atoms with Crippen LogP contribution in [0.3, 0.4) is 0 Å². The Morgan fingerprint density at radius 3 is 2.56 bits per heavy atom. The topological polar surface area (TPSA) is 104 Å². The van der Waals surface area contributed by atoms with Crippen LogP contribution in [0.1, 0.15) is 68.3 Å². The second kappa shape index (κ2) is 6.84. The molecule has 10 heteroatoms. The minimum Gasteiger partial charge on any atom is -0.394 e. The number of nitrogens with zero attached hydrogens (tertiary/aromatic N) is 5. The van der Waals surface area contributed by atoms with Crippen LogP contribution in [0.5, 0.6) is 0 Å². The highest BCUT2D eigenvalue weighted by Crippen LogP contribution is 2.57. The van der Waals surface area contributed by atoms with Gasteiger partial charge in [-0.2, -0.15) is 4.98 Å². The summed E-state index contributed by atoms with van der Waals surface area (Å²) in [6.45, 7) is 0.0678. The molecule has 5 fully saturated rings. The number of aliphatic hydroxyl groups excluding tert-OH is 1. The highest BCUT2D eigenvalue weighted by Gasteiger charge is 2.56. The summed E-state index contributed by atoms with van der Waals surface area (Å²) in [5.74, 6) is 2.93. The minimum atomic E-state index is -1.05. The highest BCUT2D eigenvalue weighted by atomic mass is 35.5. The molecule has 0 aromatic carbocycles. The molecule has 8 nitrogen and oxygen atoms in total. The number of anilines is 2. The van der Waals surface area contributed by atoms with E-state index in [1.165, 1.54) is 0 Å². The van der Waals surface area contributed by atoms with Gasteiger partial charge in [-0.3, -0.25) is 4.21 Å². The second-order valence-corrected chi connectivity index (χ2v) is 12.1. The largest absolute Gasteiger partial charge is 0.394 e. The van der Waals surface area contributed by atoms with Gasteiger partial charge < -0.3 is 15.3 Å². The lowest BCUT2D eigenvalue weighted by Crippen LogP contribution is -2.61. The van der Waals surface area contributed by atoms with Gasteiger partial charge in [0.1, 0.15) is 16.5 Å². The molecule has 168 valence electrons. The first-order valence-electron chi connectivity index (χ1n) is 11.5. The second-order valence-electron chi connectivity index (χ2n) is 10.1. The number of fused-ring (bicyclic) bond motifs is 5. The zero-order valence-corrected chi connectivity index (χ0v) is 19.1. The van der Waals surface area contributed by atoms with Gasteiger partial charge in [0.2, 0.25) is 5.95 Å². The average molecular weight is 473 g/mol. The fourth-order valence-corrected chi connectivity index (χ4v) is 7.97. The van der Waals surface area contributed by atoms with Crippen molar-refractivity contribution < 1.29 is 9.32 Å². The van der Waals surface area contributed by atoms with Gasteiger partial charge in [-0.05, 0) is 44.9 Å². The lowest BCUT2D eigenvalue weighted by molar-refractivity contribution is 0.143. The van der Waals surface area contributed by atoms with E-state index in [0.29, 0.717) is 34.8 Å². The molecule has 5 atom stereocenters. The number of hydrogen-bond acceptors (Lipinski definition) is 8. The first-order valence-corrected chi connectivity index (χ1v) is 13.1. The van der Waals surface area contributed by atoms with Crippen molar-refractivity contribution in [2.45, 2.75) is 84.5 Å². The fraction of sp³-hybridized carbons (Fsp3) is 0.636. The molecular weight excluding hydrogens is 448 g/mol. The van der Waals surface area contributed by atoms with E-state index >= 15 is 0 Å². The standard InChI is InChI=1S/C22H25ClN6O2S/c23-12-8-24-19(25-9-12)11-4-13-6-14(5-11)29(13)21-26-17-15-7-16(15)32(31)18(17)20(27-21)28-22(10-30)2-1-3-22/h8-9,11,13-16,30H,1-7,10H2,(H,26,27,28)/t11?,13?,14?,15?,16?,32-/m0/s1. The van der Waals surface area contributed by atoms with E-state index in [4.69, 9.17) is 21.6 Å². The van der Waals surface area contributed by atoms with Crippen LogP contribution in [0.25, 0.3) is 0 Å². The van der Waals surface area contributed by atoms with Gasteiger partial charge in [0.05, 0.1) is 33.7 Å². The predicted octanol–water partition coefficient (Wildman–Crippen LogP) is 2.75. The SMILES string of the molecule is O=[S@@]1c2c(NC3(CO)CCC3)nc(N3C4CC(c5ncc(Cl)cn5)CC3C4)nc2C2CC21. The van der Waals surface area contributed by atoms with Crippen molar-refractivity contribution in [1.29, 1.82) is 0 Å². The molecule has 8 rings (SSSR count). The maximum Gasteiger partial charge on any atom is 0.228 e. The van der Waals surface area contributed by atoms with Crippen LogP contribution < -0.4 is 10.2 Å². The van der Waals surface area contributed by atoms with Crippen molar-refractivity contribution >= 4 is 34.2 Å². The Labute approximate surface area is 193 Å². The van der Waals surface area contributed by atoms with Gasteiger partial charge >= 0.3 is 0 Å². The van der Waals surface area contributed by atoms with Gasteiger partial charge in [0.25, 0.3) is 0 Å². The molecule has 2 N–H and O–H groups in total. The molecule has 2 aromatic heterocycles. The third kappa shape index (κ3) is 2.80. The maximum atomic E-state index is 13.0. The predicted molar refractivity (Wildman–Crippen MR) is 121 cm³/mol. The van der Waals surface area contributed by atoms with Crippen LogP contribution in [0.4, 0.5) is 11.8 Å². The van der Waals surface area contributed by atoms with Crippen molar-refractivity contribution in [3.63, 3.8) is 0 Å². The summed E-state index contributed by atoms with van der Waals surface area (Å²) in [4.78, 5) is 21.9. The van der Waals surface area contributed by atoms with E-state index in [1.54, 1.807) is 12.4 Å². The molecule has 0 amide bonds. The number of rotatable bonds is 5. The quantitative estimate of drug-likeness (QED) is 0.684. The molecule has 3 saturated carbocycles. The Kier molecular flexibility index (Phi) is 4.19. The summed E-state index contributed by atoms with van der Waals surface area (Å²) < 4.78 is 13.0. The molecule has 2 bridgehead atoms. The Morgan fingerprint density at radius 2 is 1.91 bits per heavy atom. The Balaban J connectivity index is 1.20. The summed E-state index contributed by atoms with van der Waals surface area (Å²) in [7, 11) is -1.05. The Bertz CT molecular complexity index is 1110. The maximum absolute atomic E-state index is 13.0. The molecule has 3 aliphatic heterocycles. The zero-order chi connectivity index (χ0) is 21.6. The number of halogens is 1. The number of hydrogen-bond donors (Lipinski definition) is 2. The highest BCUT2D eigenvalue weighted by molar-refractivity contribution is 7.86. The summed E-state index contributed by atoms with van der Waals surface area (Å²) in [6, 6.07) is 0.725. The van der Waals surface area contributed by atoms with Crippen LogP contribution in [0.15, 0.2) is 17.3 Å². The van der Waals surface area contributed by atoms with E-state index < -0.39 is 10.8 Å². The number of nitrogens with one attached hydrogen (secondary N) is 1. The van der Waals surface area contributed by atoms with Crippen LogP contribution in [-0.2, 0) is 10.8 Å². The monoisotopic (exact) mass is 472 g/mol.